The van der Waals surface area contributed by atoms with Gasteiger partial charge in [0.1, 0.15) is 0 Å². The topological polar surface area (TPSA) is 26.3 Å². The Morgan fingerprint density at radius 2 is 2.13 bits per heavy atom. The molecular weight excluding hydrogens is 228 g/mol. The molecule has 1 saturated heterocycles. The average molecular weight is 250 g/mol. The minimum absolute atomic E-state index is 0.0755. The molecule has 0 amide bonds. The molecule has 15 heavy (non-hydrogen) atoms. The molecule has 0 aromatic heterocycles. The highest BCUT2D eigenvalue weighted by atomic mass is 33.1. The Bertz CT molecular complexity index is 157. The summed E-state index contributed by atoms with van der Waals surface area (Å²) in [5.74, 6) is 1.22. The van der Waals surface area contributed by atoms with Crippen molar-refractivity contribution in [1.82, 2.24) is 0 Å². The zero-order valence-electron chi connectivity index (χ0n) is 9.95. The number of unbranched alkanes of at least 4 members (excludes halogenated alkanes) is 1. The van der Waals surface area contributed by atoms with E-state index in [1.807, 2.05) is 35.4 Å². The SMILES string of the molecule is CC.COC(=O)CCCC[C@@H]1CCSS1. The van der Waals surface area contributed by atoms with Crippen LogP contribution in [0.15, 0.2) is 0 Å². The van der Waals surface area contributed by atoms with E-state index < -0.39 is 0 Å². The summed E-state index contributed by atoms with van der Waals surface area (Å²) in [5.41, 5.74) is 0. The predicted octanol–water partition coefficient (Wildman–Crippen LogP) is 3.90. The van der Waals surface area contributed by atoms with E-state index >= 15 is 0 Å². The zero-order chi connectivity index (χ0) is 11.5. The molecule has 1 fully saturated rings. The van der Waals surface area contributed by atoms with Crippen LogP contribution >= 0.6 is 21.6 Å². The lowest BCUT2D eigenvalue weighted by atomic mass is 10.1. The second-order valence-electron chi connectivity index (χ2n) is 3.15. The number of methoxy groups -OCH3 is 1. The van der Waals surface area contributed by atoms with E-state index in [1.165, 1.54) is 25.7 Å². The fraction of sp³-hybridized carbons (Fsp3) is 0.909. The first-order valence-electron chi connectivity index (χ1n) is 5.68. The second-order valence-corrected chi connectivity index (χ2v) is 5.94. The molecular formula is C11H22O2S2. The molecule has 0 aliphatic carbocycles. The van der Waals surface area contributed by atoms with Crippen molar-refractivity contribution < 1.29 is 9.53 Å². The van der Waals surface area contributed by atoms with Crippen LogP contribution in [0.1, 0.15) is 46.0 Å². The summed E-state index contributed by atoms with van der Waals surface area (Å²) in [5, 5.41) is 0.836. The highest BCUT2D eigenvalue weighted by molar-refractivity contribution is 8.77. The standard InChI is InChI=1S/C9H16O2S2.C2H6/c1-11-9(10)5-3-2-4-8-6-7-12-13-8;1-2/h8H,2-7H2,1H3;1-2H3/t8-;/m1./s1. The van der Waals surface area contributed by atoms with Gasteiger partial charge in [0.25, 0.3) is 0 Å². The Balaban J connectivity index is 0.000000921. The Morgan fingerprint density at radius 1 is 1.40 bits per heavy atom. The Kier molecular flexibility index (Phi) is 10.8. The van der Waals surface area contributed by atoms with Gasteiger partial charge < -0.3 is 4.74 Å². The summed E-state index contributed by atoms with van der Waals surface area (Å²) < 4.78 is 4.57. The first-order valence-corrected chi connectivity index (χ1v) is 8.06. The molecule has 0 spiro atoms. The van der Waals surface area contributed by atoms with Crippen LogP contribution in [0.5, 0.6) is 0 Å². The van der Waals surface area contributed by atoms with Crippen LogP contribution in [0, 0.1) is 0 Å². The van der Waals surface area contributed by atoms with E-state index in [1.54, 1.807) is 0 Å². The molecule has 2 nitrogen and oxygen atoms in total. The number of ether oxygens (including phenoxy) is 1. The van der Waals surface area contributed by atoms with Crippen molar-refractivity contribution in [3.05, 3.63) is 0 Å². The highest BCUT2D eigenvalue weighted by Crippen LogP contribution is 2.39. The van der Waals surface area contributed by atoms with Crippen LogP contribution in [0.4, 0.5) is 0 Å². The van der Waals surface area contributed by atoms with Gasteiger partial charge in [-0.25, -0.2) is 0 Å². The third-order valence-corrected chi connectivity index (χ3v) is 5.12. The molecule has 90 valence electrons. The van der Waals surface area contributed by atoms with Gasteiger partial charge in [-0.15, -0.1) is 0 Å². The molecule has 0 aromatic rings. The van der Waals surface area contributed by atoms with Gasteiger partial charge >= 0.3 is 5.97 Å². The van der Waals surface area contributed by atoms with Crippen LogP contribution in [-0.4, -0.2) is 24.1 Å². The van der Waals surface area contributed by atoms with Gasteiger partial charge in [0.05, 0.1) is 7.11 Å². The molecule has 1 aliphatic heterocycles. The van der Waals surface area contributed by atoms with Crippen LogP contribution < -0.4 is 0 Å². The van der Waals surface area contributed by atoms with E-state index in [-0.39, 0.29) is 5.97 Å². The van der Waals surface area contributed by atoms with E-state index in [9.17, 15) is 4.79 Å². The van der Waals surface area contributed by atoms with Gasteiger partial charge in [-0.1, -0.05) is 41.9 Å². The summed E-state index contributed by atoms with van der Waals surface area (Å²) in [4.78, 5) is 10.8. The van der Waals surface area contributed by atoms with Crippen molar-refractivity contribution in [2.75, 3.05) is 12.9 Å². The van der Waals surface area contributed by atoms with Gasteiger partial charge in [-0.2, -0.15) is 0 Å². The maximum absolute atomic E-state index is 10.8. The van der Waals surface area contributed by atoms with Crippen molar-refractivity contribution in [3.63, 3.8) is 0 Å². The number of esters is 1. The number of carbonyl (C=O) groups is 1. The first kappa shape index (κ1) is 15.2. The van der Waals surface area contributed by atoms with Gasteiger partial charge in [0.15, 0.2) is 0 Å². The van der Waals surface area contributed by atoms with Gasteiger partial charge in [-0.3, -0.25) is 4.79 Å². The molecule has 0 saturated carbocycles. The van der Waals surface area contributed by atoms with Crippen molar-refractivity contribution in [1.29, 1.82) is 0 Å². The molecule has 1 heterocycles. The lowest BCUT2D eigenvalue weighted by Crippen LogP contribution is -2.01. The molecule has 0 N–H and O–H groups in total. The number of rotatable bonds is 5. The monoisotopic (exact) mass is 250 g/mol. The fourth-order valence-corrected chi connectivity index (χ4v) is 4.34. The largest absolute Gasteiger partial charge is 0.469 e. The van der Waals surface area contributed by atoms with E-state index in [0.29, 0.717) is 6.42 Å². The maximum atomic E-state index is 10.8. The first-order chi connectivity index (χ1) is 7.33. The lowest BCUT2D eigenvalue weighted by Gasteiger charge is -2.05. The van der Waals surface area contributed by atoms with Crippen LogP contribution in [0.2, 0.25) is 0 Å². The molecule has 4 heteroatoms. The second kappa shape index (κ2) is 10.7. The Morgan fingerprint density at radius 3 is 2.67 bits per heavy atom. The summed E-state index contributed by atoms with van der Waals surface area (Å²) >= 11 is 0. The van der Waals surface area contributed by atoms with Crippen molar-refractivity contribution in [2.24, 2.45) is 0 Å². The lowest BCUT2D eigenvalue weighted by molar-refractivity contribution is -0.140. The summed E-state index contributed by atoms with van der Waals surface area (Å²) in [6.45, 7) is 4.00. The van der Waals surface area contributed by atoms with Crippen molar-refractivity contribution >= 4 is 27.6 Å². The summed E-state index contributed by atoms with van der Waals surface area (Å²) in [6, 6.07) is 0. The number of hydrogen-bond donors (Lipinski definition) is 0. The van der Waals surface area contributed by atoms with Gasteiger partial charge in [-0.05, 0) is 19.3 Å². The average Bonchev–Trinajstić information content (AvgIpc) is 2.79. The minimum Gasteiger partial charge on any atom is -0.469 e. The van der Waals surface area contributed by atoms with E-state index in [4.69, 9.17) is 0 Å². The maximum Gasteiger partial charge on any atom is 0.305 e. The normalized spacial score (nSPS) is 19.3. The molecule has 1 atom stereocenters. The van der Waals surface area contributed by atoms with Gasteiger partial charge in [0, 0.05) is 17.4 Å². The molecule has 1 rings (SSSR count). The molecule has 0 bridgehead atoms. The molecule has 0 radical (unpaired) electrons. The van der Waals surface area contributed by atoms with Crippen molar-refractivity contribution in [2.45, 2.75) is 51.2 Å². The van der Waals surface area contributed by atoms with Crippen molar-refractivity contribution in [3.8, 4) is 0 Å². The molecule has 0 aromatic carbocycles. The summed E-state index contributed by atoms with van der Waals surface area (Å²) in [7, 11) is 5.43. The smallest absolute Gasteiger partial charge is 0.305 e. The molecule has 1 aliphatic rings. The number of hydrogen-bond acceptors (Lipinski definition) is 4. The fourth-order valence-electron chi connectivity index (χ4n) is 1.31. The van der Waals surface area contributed by atoms with Crippen LogP contribution in [0.25, 0.3) is 0 Å². The minimum atomic E-state index is -0.0755. The van der Waals surface area contributed by atoms with Gasteiger partial charge in [0.2, 0.25) is 0 Å². The molecule has 0 unspecified atom stereocenters. The predicted molar refractivity (Wildman–Crippen MR) is 70.3 cm³/mol. The van der Waals surface area contributed by atoms with Crippen LogP contribution in [-0.2, 0) is 9.53 Å². The highest BCUT2D eigenvalue weighted by Gasteiger charge is 2.15. The summed E-state index contributed by atoms with van der Waals surface area (Å²) in [6.07, 6.45) is 5.32. The van der Waals surface area contributed by atoms with E-state index in [2.05, 4.69) is 4.74 Å². The Labute approximate surface area is 101 Å². The third kappa shape index (κ3) is 8.03. The quantitative estimate of drug-likeness (QED) is 0.420. The zero-order valence-corrected chi connectivity index (χ0v) is 11.6. The number of carbonyl (C=O) groups excluding carboxylic acids is 1. The Hall–Kier alpha value is 0.170. The van der Waals surface area contributed by atoms with Crippen LogP contribution in [0.3, 0.4) is 0 Å². The third-order valence-electron chi connectivity index (χ3n) is 2.11. The van der Waals surface area contributed by atoms with E-state index in [0.717, 1.165) is 18.1 Å².